The molecule has 2 aromatic heterocycles. The lowest BCUT2D eigenvalue weighted by molar-refractivity contribution is 0.00590. The van der Waals surface area contributed by atoms with Gasteiger partial charge in [0.2, 0.25) is 0 Å². The van der Waals surface area contributed by atoms with E-state index in [1.54, 1.807) is 4.90 Å². The van der Waals surface area contributed by atoms with E-state index >= 15 is 0 Å². The largest absolute Gasteiger partial charge is 0.395 e. The van der Waals surface area contributed by atoms with E-state index in [2.05, 4.69) is 46.8 Å². The molecule has 202 valence electrons. The Bertz CT molecular complexity index is 1480. The van der Waals surface area contributed by atoms with Crippen molar-refractivity contribution in [3.63, 3.8) is 0 Å². The molecular formula is C31H35N5O3. The average Bonchev–Trinajstić information content (AvgIpc) is 3.35. The van der Waals surface area contributed by atoms with Gasteiger partial charge in [0.05, 0.1) is 12.7 Å². The van der Waals surface area contributed by atoms with Crippen LogP contribution in [0.5, 0.6) is 0 Å². The monoisotopic (exact) mass is 525 g/mol. The molecule has 0 atom stereocenters. The van der Waals surface area contributed by atoms with Crippen LogP contribution in [-0.4, -0.2) is 94.4 Å². The average molecular weight is 526 g/mol. The Hall–Kier alpha value is -3.72. The fourth-order valence-corrected chi connectivity index (χ4v) is 5.95. The summed E-state index contributed by atoms with van der Waals surface area (Å²) in [5.41, 5.74) is 9.55. The molecular weight excluding hydrogens is 490 g/mol. The first-order valence-electron chi connectivity index (χ1n) is 13.7. The van der Waals surface area contributed by atoms with Gasteiger partial charge >= 0.3 is 0 Å². The molecule has 4 aromatic rings. The number of piperazine rings is 1. The Labute approximate surface area is 228 Å². The Morgan fingerprint density at radius 3 is 2.31 bits per heavy atom. The number of amides is 1. The van der Waals surface area contributed by atoms with Gasteiger partial charge in [-0.2, -0.15) is 0 Å². The summed E-state index contributed by atoms with van der Waals surface area (Å²) in [5.74, 6) is -0.0454. The molecule has 3 N–H and O–H groups in total. The van der Waals surface area contributed by atoms with Crippen LogP contribution in [0.25, 0.3) is 33.3 Å². The maximum Gasteiger partial charge on any atom is 0.254 e. The quantitative estimate of drug-likeness (QED) is 0.357. The van der Waals surface area contributed by atoms with Crippen LogP contribution >= 0.6 is 0 Å². The van der Waals surface area contributed by atoms with Crippen molar-refractivity contribution in [1.29, 1.82) is 0 Å². The van der Waals surface area contributed by atoms with Gasteiger partial charge in [0.15, 0.2) is 0 Å². The number of nitrogens with one attached hydrogen (secondary N) is 1. The second-order valence-electron chi connectivity index (χ2n) is 10.8. The molecule has 4 heterocycles. The number of likely N-dealkylation sites (tertiary alicyclic amines) is 1. The molecule has 0 spiro atoms. The van der Waals surface area contributed by atoms with Gasteiger partial charge in [0.25, 0.3) is 5.91 Å². The number of aromatic nitrogens is 2. The Balaban J connectivity index is 1.25. The van der Waals surface area contributed by atoms with E-state index < -0.39 is 6.10 Å². The van der Waals surface area contributed by atoms with Crippen molar-refractivity contribution in [2.24, 2.45) is 0 Å². The zero-order chi connectivity index (χ0) is 27.1. The highest BCUT2D eigenvalue weighted by Crippen LogP contribution is 2.35. The fourth-order valence-electron chi connectivity index (χ4n) is 5.95. The number of hydrogen-bond donors (Lipinski definition) is 3. The number of benzene rings is 2. The van der Waals surface area contributed by atoms with Crippen molar-refractivity contribution < 1.29 is 15.0 Å². The zero-order valence-corrected chi connectivity index (χ0v) is 22.5. The smallest absolute Gasteiger partial charge is 0.254 e. The van der Waals surface area contributed by atoms with Gasteiger partial charge in [-0.25, -0.2) is 4.98 Å². The number of anilines is 1. The van der Waals surface area contributed by atoms with Crippen LogP contribution in [0, 0.1) is 13.8 Å². The number of aromatic amines is 1. The molecule has 6 rings (SSSR count). The van der Waals surface area contributed by atoms with E-state index in [9.17, 15) is 15.0 Å². The van der Waals surface area contributed by atoms with Crippen molar-refractivity contribution in [2.45, 2.75) is 20.0 Å². The van der Waals surface area contributed by atoms with Crippen LogP contribution in [0.3, 0.4) is 0 Å². The van der Waals surface area contributed by atoms with E-state index in [4.69, 9.17) is 4.98 Å². The van der Waals surface area contributed by atoms with Gasteiger partial charge in [-0.3, -0.25) is 9.69 Å². The van der Waals surface area contributed by atoms with Crippen LogP contribution in [0.15, 0.2) is 54.9 Å². The number of fused-ring (bicyclic) bond motifs is 1. The molecule has 39 heavy (non-hydrogen) atoms. The van der Waals surface area contributed by atoms with Gasteiger partial charge in [0, 0.05) is 86.0 Å². The van der Waals surface area contributed by atoms with Crippen molar-refractivity contribution in [3.8, 4) is 22.3 Å². The molecule has 8 heteroatoms. The number of carbonyl (C=O) groups excluding carboxylic acids is 1. The molecule has 0 radical (unpaired) electrons. The summed E-state index contributed by atoms with van der Waals surface area (Å²) in [6.45, 7) is 9.99. The molecule has 0 aliphatic carbocycles. The first kappa shape index (κ1) is 25.6. The topological polar surface area (TPSA) is 95.9 Å². The molecule has 2 aliphatic heterocycles. The van der Waals surface area contributed by atoms with Crippen LogP contribution in [0.4, 0.5) is 5.69 Å². The maximum absolute atomic E-state index is 12.6. The number of aliphatic hydroxyl groups excluding tert-OH is 2. The Kier molecular flexibility index (Phi) is 6.85. The summed E-state index contributed by atoms with van der Waals surface area (Å²) in [5, 5.41) is 19.8. The number of aryl methyl sites for hydroxylation is 2. The number of nitrogens with zero attached hydrogens (tertiary/aromatic N) is 4. The highest BCUT2D eigenvalue weighted by atomic mass is 16.3. The summed E-state index contributed by atoms with van der Waals surface area (Å²) in [6, 6.07) is 14.4. The van der Waals surface area contributed by atoms with E-state index in [0.29, 0.717) is 18.7 Å². The van der Waals surface area contributed by atoms with Gasteiger partial charge in [-0.15, -0.1) is 0 Å². The summed E-state index contributed by atoms with van der Waals surface area (Å²) in [7, 11) is 0. The number of aliphatic hydroxyl groups is 2. The molecule has 2 saturated heterocycles. The second-order valence-corrected chi connectivity index (χ2v) is 10.8. The van der Waals surface area contributed by atoms with Crippen LogP contribution in [0.1, 0.15) is 21.5 Å². The second kappa shape index (κ2) is 10.4. The minimum atomic E-state index is -0.405. The first-order valence-corrected chi connectivity index (χ1v) is 13.7. The summed E-state index contributed by atoms with van der Waals surface area (Å²) < 4.78 is 0. The third kappa shape index (κ3) is 4.91. The SMILES string of the molecule is Cc1cc(-c2cnc3[nH]cc(-c4ccc(C(=O)N5CC(O)C5)cc4)c3c2)cc(C)c1N1CCN(CCO)CC1. The van der Waals surface area contributed by atoms with Crippen molar-refractivity contribution in [1.82, 2.24) is 19.8 Å². The molecule has 2 aromatic carbocycles. The van der Waals surface area contributed by atoms with Crippen LogP contribution in [0.2, 0.25) is 0 Å². The highest BCUT2D eigenvalue weighted by Gasteiger charge is 2.29. The Morgan fingerprint density at radius 1 is 0.974 bits per heavy atom. The first-order chi connectivity index (χ1) is 18.9. The number of hydrogen-bond acceptors (Lipinski definition) is 6. The molecule has 2 fully saturated rings. The lowest BCUT2D eigenvalue weighted by Crippen LogP contribution is -2.53. The normalized spacial score (nSPS) is 16.6. The third-order valence-electron chi connectivity index (χ3n) is 8.05. The highest BCUT2D eigenvalue weighted by molar-refractivity contribution is 5.98. The Morgan fingerprint density at radius 2 is 1.67 bits per heavy atom. The molecule has 8 nitrogen and oxygen atoms in total. The van der Waals surface area contributed by atoms with Crippen LogP contribution < -0.4 is 4.90 Å². The van der Waals surface area contributed by atoms with Gasteiger partial charge < -0.3 is 25.0 Å². The van der Waals surface area contributed by atoms with E-state index in [1.165, 1.54) is 16.8 Å². The molecule has 0 saturated carbocycles. The molecule has 0 bridgehead atoms. The minimum Gasteiger partial charge on any atom is -0.395 e. The lowest BCUT2D eigenvalue weighted by Gasteiger charge is -2.37. The summed E-state index contributed by atoms with van der Waals surface area (Å²) in [4.78, 5) is 27.0. The number of rotatable bonds is 6. The standard InChI is InChI=1S/C31H35N5O3/c1-20-13-24(14-21(2)29(20)35-9-7-34(8-10-35)11-12-37)25-15-27-28(17-33-30(27)32-16-25)22-3-5-23(6-4-22)31(39)36-18-26(38)19-36/h3-6,13-17,26,37-38H,7-12,18-19H2,1-2H3,(H,32,33). The van der Waals surface area contributed by atoms with Crippen molar-refractivity contribution in [2.75, 3.05) is 57.3 Å². The van der Waals surface area contributed by atoms with Crippen molar-refractivity contribution in [3.05, 3.63) is 71.5 Å². The minimum absolute atomic E-state index is 0.0454. The van der Waals surface area contributed by atoms with Gasteiger partial charge in [0.1, 0.15) is 5.65 Å². The number of H-pyrrole nitrogens is 1. The predicted molar refractivity (Wildman–Crippen MR) is 154 cm³/mol. The van der Waals surface area contributed by atoms with Gasteiger partial charge in [-0.05, 0) is 66.4 Å². The van der Waals surface area contributed by atoms with Crippen molar-refractivity contribution >= 4 is 22.6 Å². The number of carbonyl (C=O) groups is 1. The van der Waals surface area contributed by atoms with E-state index in [-0.39, 0.29) is 12.5 Å². The predicted octanol–water partition coefficient (Wildman–Crippen LogP) is 3.44. The third-order valence-corrected chi connectivity index (χ3v) is 8.05. The maximum atomic E-state index is 12.6. The fraction of sp³-hybridized carbons (Fsp3) is 0.355. The molecule has 1 amide bonds. The zero-order valence-electron chi connectivity index (χ0n) is 22.5. The van der Waals surface area contributed by atoms with E-state index in [0.717, 1.165) is 66.0 Å². The number of β-amino-alcohol motifs (C(OH)–C–C–N with tert-alkyl or cyclic N) is 2. The summed E-state index contributed by atoms with van der Waals surface area (Å²) in [6.07, 6.45) is 3.49. The van der Waals surface area contributed by atoms with Gasteiger partial charge in [-0.1, -0.05) is 12.1 Å². The number of pyridine rings is 1. The van der Waals surface area contributed by atoms with E-state index in [1.807, 2.05) is 36.7 Å². The molecule has 2 aliphatic rings. The van der Waals surface area contributed by atoms with Crippen LogP contribution in [-0.2, 0) is 0 Å². The lowest BCUT2D eigenvalue weighted by atomic mass is 9.97. The molecule has 0 unspecified atom stereocenters. The summed E-state index contributed by atoms with van der Waals surface area (Å²) >= 11 is 0.